The molecule has 0 spiro atoms. The van der Waals surface area contributed by atoms with Gasteiger partial charge < -0.3 is 5.32 Å². The highest BCUT2D eigenvalue weighted by molar-refractivity contribution is 5.72. The Kier molecular flexibility index (Phi) is 3.96. The number of hydrogen-bond acceptors (Lipinski definition) is 2. The molecule has 0 saturated carbocycles. The predicted molar refractivity (Wildman–Crippen MR) is 49.1 cm³/mol. The second-order valence-corrected chi connectivity index (χ2v) is 3.75. The van der Waals surface area contributed by atoms with E-state index in [2.05, 4.69) is 5.32 Å². The Hall–Kier alpha value is -0.780. The molecule has 0 aromatic carbocycles. The Balaban J connectivity index is 2.54. The fraction of sp³-hybridized carbons (Fsp3) is 0.889. The summed E-state index contributed by atoms with van der Waals surface area (Å²) < 4.78 is 37.6. The third-order valence-corrected chi connectivity index (χ3v) is 2.54. The third kappa shape index (κ3) is 3.70. The Morgan fingerprint density at radius 2 is 2.13 bits per heavy atom. The highest BCUT2D eigenvalue weighted by Gasteiger charge is 2.42. The summed E-state index contributed by atoms with van der Waals surface area (Å²) in [4.78, 5) is 11.2. The van der Waals surface area contributed by atoms with Crippen molar-refractivity contribution in [1.82, 2.24) is 10.2 Å². The molecule has 1 rings (SSSR count). The fourth-order valence-corrected chi connectivity index (χ4v) is 1.81. The number of carbonyl (C=O) groups excluding carboxylic acids is 1. The Morgan fingerprint density at radius 3 is 2.67 bits per heavy atom. The normalized spacial score (nSPS) is 23.9. The van der Waals surface area contributed by atoms with Crippen LogP contribution in [0.4, 0.5) is 13.2 Å². The van der Waals surface area contributed by atoms with Gasteiger partial charge in [0, 0.05) is 26.1 Å². The van der Waals surface area contributed by atoms with E-state index in [-0.39, 0.29) is 19.0 Å². The second-order valence-electron chi connectivity index (χ2n) is 3.75. The summed E-state index contributed by atoms with van der Waals surface area (Å²) in [5.74, 6) is -0.289. The first-order chi connectivity index (χ1) is 6.91. The average Bonchev–Trinajstić information content (AvgIpc) is 2.13. The zero-order valence-electron chi connectivity index (χ0n) is 8.60. The van der Waals surface area contributed by atoms with Crippen LogP contribution in [0.2, 0.25) is 0 Å². The number of likely N-dealkylation sites (tertiary alicyclic amines) is 1. The van der Waals surface area contributed by atoms with Crippen molar-refractivity contribution in [2.24, 2.45) is 0 Å². The summed E-state index contributed by atoms with van der Waals surface area (Å²) in [6, 6.07) is -0.609. The van der Waals surface area contributed by atoms with Gasteiger partial charge in [0.2, 0.25) is 5.91 Å². The van der Waals surface area contributed by atoms with Crippen LogP contribution in [0.3, 0.4) is 0 Å². The van der Waals surface area contributed by atoms with Gasteiger partial charge in [-0.3, -0.25) is 4.79 Å². The van der Waals surface area contributed by atoms with E-state index in [1.54, 1.807) is 0 Å². The van der Waals surface area contributed by atoms with Crippen LogP contribution in [-0.4, -0.2) is 36.2 Å². The zero-order valence-corrected chi connectivity index (χ0v) is 8.60. The molecule has 1 unspecified atom stereocenters. The summed E-state index contributed by atoms with van der Waals surface area (Å²) in [7, 11) is 0. The lowest BCUT2D eigenvalue weighted by Gasteiger charge is -2.36. The van der Waals surface area contributed by atoms with E-state index in [4.69, 9.17) is 0 Å². The molecular weight excluding hydrogens is 209 g/mol. The molecule has 0 aromatic heterocycles. The van der Waals surface area contributed by atoms with E-state index in [9.17, 15) is 18.0 Å². The van der Waals surface area contributed by atoms with Gasteiger partial charge in [0.25, 0.3) is 0 Å². The molecule has 1 aliphatic heterocycles. The van der Waals surface area contributed by atoms with E-state index in [0.29, 0.717) is 17.7 Å². The van der Waals surface area contributed by atoms with Crippen molar-refractivity contribution in [2.45, 2.75) is 38.5 Å². The van der Waals surface area contributed by atoms with Crippen molar-refractivity contribution < 1.29 is 18.0 Å². The standard InChI is InChI=1S/C9H15F3N2O/c1-7(15)13-6-8-4-2-3-5-14(8)9(10,11)12/h8H,2-6H2,1H3,(H,13,15). The van der Waals surface area contributed by atoms with Gasteiger partial charge in [0.1, 0.15) is 0 Å². The van der Waals surface area contributed by atoms with Crippen molar-refractivity contribution in [1.29, 1.82) is 0 Å². The van der Waals surface area contributed by atoms with Crippen molar-refractivity contribution in [2.75, 3.05) is 13.1 Å². The van der Waals surface area contributed by atoms with Gasteiger partial charge in [0.05, 0.1) is 0 Å². The van der Waals surface area contributed by atoms with Crippen LogP contribution in [0.25, 0.3) is 0 Å². The number of amides is 1. The van der Waals surface area contributed by atoms with Crippen molar-refractivity contribution >= 4 is 5.91 Å². The lowest BCUT2D eigenvalue weighted by atomic mass is 10.0. The van der Waals surface area contributed by atoms with Crippen molar-refractivity contribution in [3.8, 4) is 0 Å². The highest BCUT2D eigenvalue weighted by Crippen LogP contribution is 2.29. The third-order valence-electron chi connectivity index (χ3n) is 2.54. The quantitative estimate of drug-likeness (QED) is 0.721. The molecule has 1 aliphatic rings. The van der Waals surface area contributed by atoms with Gasteiger partial charge in [-0.25, -0.2) is 4.90 Å². The number of nitrogens with zero attached hydrogens (tertiary/aromatic N) is 1. The maximum absolute atomic E-state index is 12.5. The molecule has 1 heterocycles. The molecule has 1 saturated heterocycles. The predicted octanol–water partition coefficient (Wildman–Crippen LogP) is 1.50. The Bertz CT molecular complexity index is 230. The molecule has 0 bridgehead atoms. The van der Waals surface area contributed by atoms with Gasteiger partial charge >= 0.3 is 6.30 Å². The molecule has 0 aliphatic carbocycles. The van der Waals surface area contributed by atoms with Crippen LogP contribution in [0, 0.1) is 0 Å². The lowest BCUT2D eigenvalue weighted by Crippen LogP contribution is -2.52. The summed E-state index contributed by atoms with van der Waals surface area (Å²) >= 11 is 0. The average molecular weight is 224 g/mol. The molecular formula is C9H15F3N2O. The Morgan fingerprint density at radius 1 is 1.47 bits per heavy atom. The summed E-state index contributed by atoms with van der Waals surface area (Å²) in [6.45, 7) is 1.42. The fourth-order valence-electron chi connectivity index (χ4n) is 1.81. The van der Waals surface area contributed by atoms with Crippen LogP contribution in [-0.2, 0) is 4.79 Å². The summed E-state index contributed by atoms with van der Waals surface area (Å²) in [6.07, 6.45) is -2.45. The smallest absolute Gasteiger partial charge is 0.355 e. The first-order valence-corrected chi connectivity index (χ1v) is 4.99. The monoisotopic (exact) mass is 224 g/mol. The number of nitrogens with one attached hydrogen (secondary N) is 1. The van der Waals surface area contributed by atoms with Gasteiger partial charge in [-0.05, 0) is 12.8 Å². The Labute approximate surface area is 86.6 Å². The number of carbonyl (C=O) groups is 1. The van der Waals surface area contributed by atoms with E-state index >= 15 is 0 Å². The first kappa shape index (κ1) is 12.3. The minimum absolute atomic E-state index is 0.0355. The lowest BCUT2D eigenvalue weighted by molar-refractivity contribution is -0.263. The van der Waals surface area contributed by atoms with Crippen LogP contribution >= 0.6 is 0 Å². The van der Waals surface area contributed by atoms with E-state index in [1.807, 2.05) is 0 Å². The maximum Gasteiger partial charge on any atom is 0.460 e. The van der Waals surface area contributed by atoms with Crippen molar-refractivity contribution in [3.05, 3.63) is 0 Å². The molecule has 6 heteroatoms. The topological polar surface area (TPSA) is 32.3 Å². The second kappa shape index (κ2) is 4.83. The van der Waals surface area contributed by atoms with E-state index in [1.165, 1.54) is 6.92 Å². The molecule has 0 radical (unpaired) electrons. The number of hydrogen-bond donors (Lipinski definition) is 1. The van der Waals surface area contributed by atoms with Gasteiger partial charge in [-0.1, -0.05) is 6.42 Å². The number of rotatable bonds is 2. The van der Waals surface area contributed by atoms with Gasteiger partial charge in [0.15, 0.2) is 0 Å². The van der Waals surface area contributed by atoms with E-state index < -0.39 is 12.3 Å². The minimum Gasteiger partial charge on any atom is -0.355 e. The van der Waals surface area contributed by atoms with Gasteiger partial charge in [-0.2, -0.15) is 13.2 Å². The number of piperidine rings is 1. The summed E-state index contributed by atoms with van der Waals surface area (Å²) in [5, 5.41) is 2.44. The molecule has 1 amide bonds. The molecule has 15 heavy (non-hydrogen) atoms. The largest absolute Gasteiger partial charge is 0.460 e. The van der Waals surface area contributed by atoms with Crippen LogP contribution < -0.4 is 5.32 Å². The summed E-state index contributed by atoms with van der Waals surface area (Å²) in [5.41, 5.74) is 0. The first-order valence-electron chi connectivity index (χ1n) is 4.99. The molecule has 1 fully saturated rings. The van der Waals surface area contributed by atoms with Gasteiger partial charge in [-0.15, -0.1) is 0 Å². The maximum atomic E-state index is 12.5. The van der Waals surface area contributed by atoms with Crippen molar-refractivity contribution in [3.63, 3.8) is 0 Å². The van der Waals surface area contributed by atoms with Crippen LogP contribution in [0.15, 0.2) is 0 Å². The number of alkyl halides is 3. The molecule has 0 aromatic rings. The molecule has 88 valence electrons. The molecule has 1 atom stereocenters. The SMILES string of the molecule is CC(=O)NCC1CCCCN1C(F)(F)F. The molecule has 3 nitrogen and oxygen atoms in total. The zero-order chi connectivity index (χ0) is 11.5. The van der Waals surface area contributed by atoms with Crippen LogP contribution in [0.1, 0.15) is 26.2 Å². The number of halogens is 3. The highest BCUT2D eigenvalue weighted by atomic mass is 19.4. The molecule has 1 N–H and O–H groups in total. The van der Waals surface area contributed by atoms with E-state index in [0.717, 1.165) is 6.42 Å². The minimum atomic E-state index is -4.29. The van der Waals surface area contributed by atoms with Crippen LogP contribution in [0.5, 0.6) is 0 Å².